The maximum Gasteiger partial charge on any atom is 0.116 e. The van der Waals surface area contributed by atoms with Crippen molar-refractivity contribution >= 4 is 28.3 Å². The molecule has 0 aromatic heterocycles. The van der Waals surface area contributed by atoms with Crippen molar-refractivity contribution in [3.63, 3.8) is 0 Å². The summed E-state index contributed by atoms with van der Waals surface area (Å²) in [7, 11) is 0. The Bertz CT molecular complexity index is 481. The van der Waals surface area contributed by atoms with Crippen molar-refractivity contribution in [1.82, 2.24) is 5.32 Å². The Morgan fingerprint density at radius 1 is 1.42 bits per heavy atom. The molecule has 0 saturated heterocycles. The Morgan fingerprint density at radius 3 is 2.68 bits per heavy atom. The van der Waals surface area contributed by atoms with Crippen LogP contribution in [0.25, 0.3) is 5.70 Å². The van der Waals surface area contributed by atoms with Gasteiger partial charge in [-0.05, 0) is 12.1 Å². The maximum absolute atomic E-state index is 5.45. The van der Waals surface area contributed by atoms with Gasteiger partial charge in [0.2, 0.25) is 0 Å². The fraction of sp³-hybridized carbons (Fsp3) is 0.200. The zero-order valence-electron chi connectivity index (χ0n) is 10.7. The Balaban J connectivity index is 0.00000180. The van der Waals surface area contributed by atoms with Gasteiger partial charge in [0.05, 0.1) is 0 Å². The predicted octanol–water partition coefficient (Wildman–Crippen LogP) is 3.70. The molecule has 0 fully saturated rings. The van der Waals surface area contributed by atoms with Gasteiger partial charge in [-0.15, -0.1) is 17.8 Å². The first-order valence-electron chi connectivity index (χ1n) is 5.75. The molecule has 1 atom stereocenters. The number of hydrogen-bond donors (Lipinski definition) is 1. The van der Waals surface area contributed by atoms with E-state index in [0.29, 0.717) is 10.5 Å². The largest absolute Gasteiger partial charge is 0.490 e. The van der Waals surface area contributed by atoms with E-state index in [-0.39, 0.29) is 32.7 Å². The van der Waals surface area contributed by atoms with Crippen LogP contribution in [0, 0.1) is 6.08 Å². The average molecular weight is 441 g/mol. The van der Waals surface area contributed by atoms with Gasteiger partial charge in [-0.25, -0.2) is 6.08 Å². The molecule has 1 heterocycles. The maximum atomic E-state index is 5.45. The molecule has 97 valence electrons. The van der Waals surface area contributed by atoms with E-state index in [2.05, 4.69) is 47.1 Å². The first kappa shape index (κ1) is 16.9. The molecule has 2 rings (SSSR count). The van der Waals surface area contributed by atoms with E-state index < -0.39 is 0 Å². The van der Waals surface area contributed by atoms with Crippen molar-refractivity contribution in [2.24, 2.45) is 0 Å². The number of rotatable bonds is 4. The minimum atomic E-state index is 0. The molecule has 1 aliphatic heterocycles. The summed E-state index contributed by atoms with van der Waals surface area (Å²) in [6.45, 7) is 8.16. The van der Waals surface area contributed by atoms with E-state index >= 15 is 0 Å². The zero-order chi connectivity index (χ0) is 13.0. The predicted molar refractivity (Wildman–Crippen MR) is 83.5 cm³/mol. The van der Waals surface area contributed by atoms with E-state index in [9.17, 15) is 0 Å². The zero-order valence-corrected chi connectivity index (χ0v) is 15.7. The summed E-state index contributed by atoms with van der Waals surface area (Å²) in [6, 6.07) is 7.95. The number of allylic oxidation sites excluding steroid dienone is 2. The van der Waals surface area contributed by atoms with Crippen LogP contribution >= 0.6 is 22.6 Å². The summed E-state index contributed by atoms with van der Waals surface area (Å²) < 4.78 is 5.87. The monoisotopic (exact) mass is 441 g/mol. The summed E-state index contributed by atoms with van der Waals surface area (Å²) in [5, 5.41) is 3.29. The Labute approximate surface area is 153 Å². The van der Waals surface area contributed by atoms with Gasteiger partial charge in [0.15, 0.2) is 0 Å². The molecule has 1 N–H and O–H groups in total. The van der Waals surface area contributed by atoms with Crippen molar-refractivity contribution in [1.29, 1.82) is 0 Å². The minimum Gasteiger partial charge on any atom is -0.490 e. The van der Waals surface area contributed by atoms with Gasteiger partial charge in [0, 0.05) is 42.3 Å². The van der Waals surface area contributed by atoms with Crippen LogP contribution in [0.4, 0.5) is 0 Å². The van der Waals surface area contributed by atoms with Gasteiger partial charge in [0.25, 0.3) is 0 Å². The van der Waals surface area contributed by atoms with Crippen molar-refractivity contribution < 1.29 is 37.4 Å². The third-order valence-corrected chi connectivity index (χ3v) is 3.82. The summed E-state index contributed by atoms with van der Waals surface area (Å²) in [5.41, 5.74) is 3.14. The summed E-state index contributed by atoms with van der Waals surface area (Å²) in [4.78, 5) is 0. The molecule has 1 unspecified atom stereocenters. The normalized spacial score (nSPS) is 17.8. The average Bonchev–Trinajstić information content (AvgIpc) is 2.40. The summed E-state index contributed by atoms with van der Waals surface area (Å²) in [6.07, 6.45) is 5.99. The number of halogens is 1. The van der Waals surface area contributed by atoms with Gasteiger partial charge in [-0.1, -0.05) is 48.2 Å². The summed E-state index contributed by atoms with van der Waals surface area (Å²) >= 11 is 2.37. The molecular formula is C15H15INOY-. The molecule has 4 heteroatoms. The third kappa shape index (κ3) is 4.73. The molecule has 19 heavy (non-hydrogen) atoms. The first-order chi connectivity index (χ1) is 8.70. The minimum absolute atomic E-state index is 0. The van der Waals surface area contributed by atoms with Crippen LogP contribution in [0.1, 0.15) is 12.0 Å². The molecule has 0 saturated carbocycles. The van der Waals surface area contributed by atoms with Gasteiger partial charge in [-0.3, -0.25) is 0 Å². The van der Waals surface area contributed by atoms with Crippen LogP contribution in [0.5, 0.6) is 5.75 Å². The van der Waals surface area contributed by atoms with Crippen molar-refractivity contribution in [3.05, 3.63) is 60.8 Å². The third-order valence-electron chi connectivity index (χ3n) is 2.63. The Hall–Kier alpha value is -0.126. The quantitative estimate of drug-likeness (QED) is 0.333. The fourth-order valence-corrected chi connectivity index (χ4v) is 2.02. The first-order valence-corrected chi connectivity index (χ1v) is 7.00. The topological polar surface area (TPSA) is 21.3 Å². The van der Waals surface area contributed by atoms with Crippen molar-refractivity contribution in [2.75, 3.05) is 6.61 Å². The molecule has 2 nitrogen and oxygen atoms in total. The molecular weight excluding hydrogens is 426 g/mol. The van der Waals surface area contributed by atoms with E-state index in [4.69, 9.17) is 4.74 Å². The number of alkyl halides is 1. The molecule has 1 aromatic carbocycles. The fourth-order valence-electron chi connectivity index (χ4n) is 1.65. The van der Waals surface area contributed by atoms with Gasteiger partial charge in [-0.2, -0.15) is 5.56 Å². The molecule has 0 aliphatic carbocycles. The van der Waals surface area contributed by atoms with Crippen LogP contribution in [0.15, 0.2) is 49.2 Å². The van der Waals surface area contributed by atoms with Crippen LogP contribution in [0.2, 0.25) is 0 Å². The second-order valence-electron chi connectivity index (χ2n) is 4.00. The van der Waals surface area contributed by atoms with E-state index in [1.807, 2.05) is 24.3 Å². The number of hydrogen-bond acceptors (Lipinski definition) is 2. The van der Waals surface area contributed by atoms with Crippen LogP contribution in [-0.4, -0.2) is 10.5 Å². The van der Waals surface area contributed by atoms with Crippen molar-refractivity contribution in [3.8, 4) is 5.75 Å². The Kier molecular flexibility index (Phi) is 7.33. The van der Waals surface area contributed by atoms with Gasteiger partial charge >= 0.3 is 0 Å². The molecule has 1 radical (unpaired) electrons. The van der Waals surface area contributed by atoms with Gasteiger partial charge < -0.3 is 10.1 Å². The second-order valence-corrected chi connectivity index (χ2v) is 5.50. The SMILES string of the molecule is C=CCOc1ccc(C2=[C-]CC(I)C(=C)N2)cc1.[Y]. The Morgan fingerprint density at radius 2 is 2.11 bits per heavy atom. The van der Waals surface area contributed by atoms with Crippen molar-refractivity contribution in [2.45, 2.75) is 10.3 Å². The molecule has 0 spiro atoms. The van der Waals surface area contributed by atoms with Gasteiger partial charge in [0.1, 0.15) is 12.4 Å². The molecule has 0 bridgehead atoms. The van der Waals surface area contributed by atoms with Crippen LogP contribution < -0.4 is 10.1 Å². The van der Waals surface area contributed by atoms with E-state index in [0.717, 1.165) is 29.1 Å². The molecule has 0 amide bonds. The summed E-state index contributed by atoms with van der Waals surface area (Å²) in [5.74, 6) is 0.848. The number of benzene rings is 1. The second kappa shape index (κ2) is 8.23. The van der Waals surface area contributed by atoms with E-state index in [1.54, 1.807) is 6.08 Å². The standard InChI is InChI=1S/C15H15INO.Y/c1-3-10-18-13-6-4-12(5-7-13)15-9-8-14(16)11(2)17-15;/h3-7,14,17H,1-2,8,10H2;/q-1;. The number of ether oxygens (including phenoxy) is 1. The van der Waals surface area contributed by atoms with Crippen LogP contribution in [-0.2, 0) is 32.7 Å². The molecule has 1 aliphatic rings. The molecule has 1 aromatic rings. The van der Waals surface area contributed by atoms with E-state index in [1.165, 1.54) is 0 Å². The smallest absolute Gasteiger partial charge is 0.116 e. The number of nitrogens with one attached hydrogen (secondary N) is 1. The van der Waals surface area contributed by atoms with Crippen LogP contribution in [0.3, 0.4) is 0 Å².